The smallest absolute Gasteiger partial charge is 0.298 e. The molecule has 10 heteroatoms. The molecule has 0 heterocycles. The van der Waals surface area contributed by atoms with Gasteiger partial charge in [-0.25, -0.2) is 0 Å². The molecule has 0 aromatic heterocycles. The summed E-state index contributed by atoms with van der Waals surface area (Å²) in [5, 5.41) is 17.1. The Bertz CT molecular complexity index is 1250. The van der Waals surface area contributed by atoms with Crippen LogP contribution in [-0.4, -0.2) is 47.8 Å². The highest BCUT2D eigenvalue weighted by Gasteiger charge is 2.38. The maximum atomic E-state index is 13.6. The van der Waals surface area contributed by atoms with E-state index in [2.05, 4.69) is 10.6 Å². The van der Waals surface area contributed by atoms with Gasteiger partial charge in [-0.1, -0.05) is 0 Å². The highest BCUT2D eigenvalue weighted by Crippen LogP contribution is 2.42. The van der Waals surface area contributed by atoms with Gasteiger partial charge in [0.05, 0.1) is 16.7 Å². The van der Waals surface area contributed by atoms with Crippen molar-refractivity contribution in [1.29, 1.82) is 0 Å². The second-order valence-electron chi connectivity index (χ2n) is 8.93. The third kappa shape index (κ3) is 4.21. The summed E-state index contributed by atoms with van der Waals surface area (Å²) in [6, 6.07) is 5.68. The number of hydrogen-bond donors (Lipinski definition) is 5. The number of phenolic OH excluding ortho intramolecular Hbond substituents is 1. The van der Waals surface area contributed by atoms with Crippen molar-refractivity contribution >= 4 is 33.1 Å². The maximum absolute atomic E-state index is 13.6. The Kier molecular flexibility index (Phi) is 5.94. The van der Waals surface area contributed by atoms with Crippen molar-refractivity contribution in [2.24, 2.45) is 5.73 Å². The van der Waals surface area contributed by atoms with Crippen LogP contribution in [0.5, 0.6) is 5.75 Å². The van der Waals surface area contributed by atoms with Crippen LogP contribution in [0.4, 0.5) is 11.4 Å². The molecular weight excluding hydrogens is 446 g/mol. The van der Waals surface area contributed by atoms with Gasteiger partial charge in [0.1, 0.15) is 10.6 Å². The van der Waals surface area contributed by atoms with Crippen molar-refractivity contribution < 1.29 is 27.7 Å². The third-order valence-electron chi connectivity index (χ3n) is 6.13. The van der Waals surface area contributed by atoms with E-state index in [1.807, 2.05) is 13.8 Å². The van der Waals surface area contributed by atoms with Gasteiger partial charge < -0.3 is 21.5 Å². The van der Waals surface area contributed by atoms with Gasteiger partial charge in [0, 0.05) is 35.1 Å². The van der Waals surface area contributed by atoms with Crippen molar-refractivity contribution in [3.63, 3.8) is 0 Å². The lowest BCUT2D eigenvalue weighted by Gasteiger charge is -2.30. The number of anilines is 2. The first-order valence-corrected chi connectivity index (χ1v) is 12.3. The van der Waals surface area contributed by atoms with E-state index >= 15 is 0 Å². The number of carbonyl (C=O) groups is 2. The molecule has 0 atom stereocenters. The SMILES string of the molecule is CC(C)Nc1ccc(NC2CCC(N)CC2)c2c1C(=O)c1ccc(S(=O)(=O)O)c(O)c1C2=O. The van der Waals surface area contributed by atoms with Crippen LogP contribution in [0.1, 0.15) is 71.4 Å². The number of aromatic hydroxyl groups is 1. The van der Waals surface area contributed by atoms with Crippen LogP contribution in [0.3, 0.4) is 0 Å². The molecule has 0 radical (unpaired) electrons. The summed E-state index contributed by atoms with van der Waals surface area (Å²) in [5.41, 5.74) is 6.57. The van der Waals surface area contributed by atoms with Crippen molar-refractivity contribution in [2.45, 2.75) is 62.6 Å². The van der Waals surface area contributed by atoms with Crippen molar-refractivity contribution in [3.8, 4) is 5.75 Å². The molecule has 0 unspecified atom stereocenters. The Morgan fingerprint density at radius 3 is 2.15 bits per heavy atom. The topological polar surface area (TPSA) is 159 Å². The minimum atomic E-state index is -4.80. The van der Waals surface area contributed by atoms with Gasteiger partial charge in [-0.15, -0.1) is 0 Å². The van der Waals surface area contributed by atoms with Crippen LogP contribution in [0.15, 0.2) is 29.2 Å². The van der Waals surface area contributed by atoms with E-state index in [-0.39, 0.29) is 34.8 Å². The Hall–Kier alpha value is -2.95. The largest absolute Gasteiger partial charge is 0.506 e. The van der Waals surface area contributed by atoms with E-state index in [0.717, 1.165) is 37.8 Å². The zero-order valence-electron chi connectivity index (χ0n) is 18.4. The number of fused-ring (bicyclic) bond motifs is 2. The minimum Gasteiger partial charge on any atom is -0.506 e. The highest BCUT2D eigenvalue weighted by molar-refractivity contribution is 7.86. The monoisotopic (exact) mass is 473 g/mol. The number of hydrogen-bond acceptors (Lipinski definition) is 8. The lowest BCUT2D eigenvalue weighted by Crippen LogP contribution is -2.34. The van der Waals surface area contributed by atoms with Gasteiger partial charge in [-0.05, 0) is 63.8 Å². The van der Waals surface area contributed by atoms with Gasteiger partial charge in [-0.2, -0.15) is 8.42 Å². The summed E-state index contributed by atoms with van der Waals surface area (Å²) in [6.07, 6.45) is 3.28. The summed E-state index contributed by atoms with van der Waals surface area (Å²) in [4.78, 5) is 26.3. The van der Waals surface area contributed by atoms with Gasteiger partial charge in [0.25, 0.3) is 10.1 Å². The van der Waals surface area contributed by atoms with Crippen molar-refractivity contribution in [1.82, 2.24) is 0 Å². The number of nitrogens with two attached hydrogens (primary N) is 1. The molecule has 2 aromatic rings. The highest BCUT2D eigenvalue weighted by atomic mass is 32.2. The molecular formula is C23H27N3O6S. The first-order valence-electron chi connectivity index (χ1n) is 10.9. The molecule has 176 valence electrons. The predicted octanol–water partition coefficient (Wildman–Crippen LogP) is 2.92. The Morgan fingerprint density at radius 1 is 0.939 bits per heavy atom. The first kappa shape index (κ1) is 23.2. The van der Waals surface area contributed by atoms with Crippen molar-refractivity contribution in [3.05, 3.63) is 46.5 Å². The van der Waals surface area contributed by atoms with Gasteiger partial charge in [-0.3, -0.25) is 14.1 Å². The second kappa shape index (κ2) is 8.44. The molecule has 4 rings (SSSR count). The first-order chi connectivity index (χ1) is 15.5. The summed E-state index contributed by atoms with van der Waals surface area (Å²) in [6.45, 7) is 3.80. The molecule has 33 heavy (non-hydrogen) atoms. The Labute approximate surface area is 192 Å². The van der Waals surface area contributed by atoms with E-state index in [0.29, 0.717) is 11.4 Å². The van der Waals surface area contributed by atoms with Crippen LogP contribution in [0.2, 0.25) is 0 Å². The lowest BCUT2D eigenvalue weighted by molar-refractivity contribution is 0.0977. The number of rotatable bonds is 5. The number of phenols is 1. The molecule has 0 bridgehead atoms. The van der Waals surface area contributed by atoms with E-state index in [1.54, 1.807) is 12.1 Å². The van der Waals surface area contributed by atoms with Crippen LogP contribution in [0.25, 0.3) is 0 Å². The lowest BCUT2D eigenvalue weighted by atomic mass is 9.81. The Balaban J connectivity index is 1.88. The quantitative estimate of drug-likeness (QED) is 0.351. The third-order valence-corrected chi connectivity index (χ3v) is 7.01. The molecule has 0 spiro atoms. The number of ketones is 2. The molecule has 0 aliphatic heterocycles. The molecule has 2 aliphatic carbocycles. The van der Waals surface area contributed by atoms with E-state index in [9.17, 15) is 27.7 Å². The summed E-state index contributed by atoms with van der Waals surface area (Å²) < 4.78 is 32.8. The summed E-state index contributed by atoms with van der Waals surface area (Å²) in [5.74, 6) is -2.14. The van der Waals surface area contributed by atoms with Gasteiger partial charge in [0.2, 0.25) is 0 Å². The fourth-order valence-electron chi connectivity index (χ4n) is 4.57. The van der Waals surface area contributed by atoms with Crippen molar-refractivity contribution in [2.75, 3.05) is 10.6 Å². The zero-order chi connectivity index (χ0) is 24.1. The summed E-state index contributed by atoms with van der Waals surface area (Å²) >= 11 is 0. The average Bonchev–Trinajstić information content (AvgIpc) is 2.73. The molecule has 9 nitrogen and oxygen atoms in total. The zero-order valence-corrected chi connectivity index (χ0v) is 19.2. The fourth-order valence-corrected chi connectivity index (χ4v) is 5.15. The normalized spacial score (nSPS) is 20.4. The number of benzene rings is 2. The number of carbonyl (C=O) groups excluding carboxylic acids is 2. The molecule has 2 aliphatic rings. The predicted molar refractivity (Wildman–Crippen MR) is 124 cm³/mol. The van der Waals surface area contributed by atoms with Crippen LogP contribution in [-0.2, 0) is 10.1 Å². The maximum Gasteiger partial charge on any atom is 0.298 e. The number of nitrogens with one attached hydrogen (secondary N) is 2. The van der Waals surface area contributed by atoms with E-state index in [4.69, 9.17) is 5.73 Å². The molecule has 1 fully saturated rings. The molecule has 1 saturated carbocycles. The van der Waals surface area contributed by atoms with Crippen LogP contribution >= 0.6 is 0 Å². The minimum absolute atomic E-state index is 0.0210. The van der Waals surface area contributed by atoms with Crippen LogP contribution < -0.4 is 16.4 Å². The second-order valence-corrected chi connectivity index (χ2v) is 10.3. The molecule has 0 amide bonds. The summed E-state index contributed by atoms with van der Waals surface area (Å²) in [7, 11) is -4.80. The van der Waals surface area contributed by atoms with E-state index in [1.165, 1.54) is 0 Å². The molecule has 0 saturated heterocycles. The van der Waals surface area contributed by atoms with Gasteiger partial charge in [0.15, 0.2) is 11.6 Å². The molecule has 6 N–H and O–H groups in total. The van der Waals surface area contributed by atoms with E-state index < -0.39 is 37.9 Å². The van der Waals surface area contributed by atoms with Gasteiger partial charge >= 0.3 is 0 Å². The molecule has 2 aromatic carbocycles. The standard InChI is InChI=1S/C23H27N3O6S/c1-11(2)25-15-8-9-16(26-13-5-3-12(24)4-6-13)20-19(15)21(27)14-7-10-17(33(30,31)32)22(28)18(14)23(20)29/h7-13,25-26,28H,3-6,24H2,1-2H3,(H,30,31,32). The van der Waals surface area contributed by atoms with Crippen LogP contribution in [0, 0.1) is 0 Å². The average molecular weight is 474 g/mol. The Morgan fingerprint density at radius 2 is 1.55 bits per heavy atom. The fraction of sp³-hybridized carbons (Fsp3) is 0.391.